The lowest BCUT2D eigenvalue weighted by atomic mass is 10.7. The smallest absolute Gasteiger partial charge is 0.213 e. The average Bonchev–Trinajstić information content (AvgIpc) is 1.97. The maximum absolute atomic E-state index is 10.9. The quantitative estimate of drug-likeness (QED) is 0.529. The molecule has 0 saturated carbocycles. The van der Waals surface area contributed by atoms with Gasteiger partial charge in [0.1, 0.15) is 0 Å². The average molecular weight is 178 g/mol. The molecule has 0 aromatic carbocycles. The van der Waals surface area contributed by atoms with E-state index in [1.54, 1.807) is 7.05 Å². The van der Waals surface area contributed by atoms with Crippen LogP contribution in [-0.4, -0.2) is 34.3 Å². The van der Waals surface area contributed by atoms with Crippen molar-refractivity contribution < 1.29 is 8.42 Å². The van der Waals surface area contributed by atoms with E-state index in [1.807, 2.05) is 0 Å². The van der Waals surface area contributed by atoms with Crippen molar-refractivity contribution in [3.05, 3.63) is 12.7 Å². The molecule has 0 aliphatic rings. The second kappa shape index (κ2) is 5.29. The van der Waals surface area contributed by atoms with Crippen molar-refractivity contribution in [3.8, 4) is 0 Å². The minimum absolute atomic E-state index is 0.108. The molecule has 0 spiro atoms. The van der Waals surface area contributed by atoms with Gasteiger partial charge in [-0.3, -0.25) is 0 Å². The Morgan fingerprint density at radius 1 is 1.55 bits per heavy atom. The van der Waals surface area contributed by atoms with Gasteiger partial charge >= 0.3 is 0 Å². The first kappa shape index (κ1) is 10.6. The Kier molecular flexibility index (Phi) is 5.10. The number of sulfonamides is 1. The van der Waals surface area contributed by atoms with E-state index in [2.05, 4.69) is 16.6 Å². The maximum Gasteiger partial charge on any atom is 0.213 e. The van der Waals surface area contributed by atoms with Crippen LogP contribution >= 0.6 is 0 Å². The highest BCUT2D eigenvalue weighted by atomic mass is 32.2. The van der Waals surface area contributed by atoms with E-state index < -0.39 is 10.0 Å². The predicted molar refractivity (Wildman–Crippen MR) is 45.9 cm³/mol. The van der Waals surface area contributed by atoms with Gasteiger partial charge in [0.05, 0.1) is 5.75 Å². The van der Waals surface area contributed by atoms with Gasteiger partial charge < -0.3 is 5.32 Å². The molecule has 0 amide bonds. The van der Waals surface area contributed by atoms with Crippen molar-refractivity contribution >= 4 is 10.0 Å². The van der Waals surface area contributed by atoms with Crippen LogP contribution < -0.4 is 10.0 Å². The molecule has 0 radical (unpaired) electrons. The Bertz CT molecular complexity index is 199. The Labute approximate surface area is 67.7 Å². The Morgan fingerprint density at radius 2 is 2.18 bits per heavy atom. The lowest BCUT2D eigenvalue weighted by Crippen LogP contribution is -2.30. The lowest BCUT2D eigenvalue weighted by molar-refractivity contribution is 0.583. The van der Waals surface area contributed by atoms with Crippen molar-refractivity contribution in [2.45, 2.75) is 0 Å². The Balaban J connectivity index is 3.71. The summed E-state index contributed by atoms with van der Waals surface area (Å²) < 4.78 is 24.3. The molecule has 5 heteroatoms. The molecule has 0 heterocycles. The van der Waals surface area contributed by atoms with Crippen LogP contribution in [0.1, 0.15) is 0 Å². The van der Waals surface area contributed by atoms with E-state index in [0.29, 0.717) is 13.1 Å². The fourth-order valence-corrected chi connectivity index (χ4v) is 1.48. The third-order valence-electron chi connectivity index (χ3n) is 1.07. The highest BCUT2D eigenvalue weighted by molar-refractivity contribution is 7.89. The fourth-order valence-electron chi connectivity index (χ4n) is 0.494. The second-order valence-corrected chi connectivity index (χ2v) is 3.99. The minimum Gasteiger partial charge on any atom is -0.319 e. The number of rotatable bonds is 6. The number of hydrogen-bond acceptors (Lipinski definition) is 3. The van der Waals surface area contributed by atoms with Crippen LogP contribution in [0.3, 0.4) is 0 Å². The molecule has 11 heavy (non-hydrogen) atoms. The molecule has 0 aromatic heterocycles. The topological polar surface area (TPSA) is 58.2 Å². The fraction of sp³-hybridized carbons (Fsp3) is 0.667. The first-order chi connectivity index (χ1) is 5.12. The van der Waals surface area contributed by atoms with Crippen LogP contribution in [0.5, 0.6) is 0 Å². The Hall–Kier alpha value is -0.390. The van der Waals surface area contributed by atoms with Gasteiger partial charge in [-0.15, -0.1) is 6.58 Å². The highest BCUT2D eigenvalue weighted by Crippen LogP contribution is 1.80. The zero-order valence-corrected chi connectivity index (χ0v) is 7.45. The van der Waals surface area contributed by atoms with Gasteiger partial charge in [-0.05, 0) is 7.05 Å². The summed E-state index contributed by atoms with van der Waals surface area (Å²) in [4.78, 5) is 0. The van der Waals surface area contributed by atoms with Crippen molar-refractivity contribution in [1.82, 2.24) is 10.0 Å². The van der Waals surface area contributed by atoms with Gasteiger partial charge in [0.2, 0.25) is 10.0 Å². The summed E-state index contributed by atoms with van der Waals surface area (Å²) in [5.74, 6) is 0.108. The summed E-state index contributed by atoms with van der Waals surface area (Å²) in [7, 11) is -1.38. The van der Waals surface area contributed by atoms with Gasteiger partial charge in [0.15, 0.2) is 0 Å². The lowest BCUT2D eigenvalue weighted by Gasteiger charge is -2.02. The molecule has 0 rings (SSSR count). The highest BCUT2D eigenvalue weighted by Gasteiger charge is 2.05. The van der Waals surface area contributed by atoms with Gasteiger partial charge in [-0.25, -0.2) is 13.1 Å². The van der Waals surface area contributed by atoms with Crippen LogP contribution in [0.15, 0.2) is 12.7 Å². The molecule has 0 atom stereocenters. The molecule has 0 saturated heterocycles. The van der Waals surface area contributed by atoms with Gasteiger partial charge in [-0.2, -0.15) is 0 Å². The summed E-state index contributed by atoms with van der Waals surface area (Å²) in [6, 6.07) is 0. The van der Waals surface area contributed by atoms with Crippen LogP contribution in [0.2, 0.25) is 0 Å². The standard InChI is InChI=1S/C6H14N2O2S/c1-3-4-8-11(9,10)6-5-7-2/h3,7-8H,1,4-6H2,2H3. The van der Waals surface area contributed by atoms with E-state index in [9.17, 15) is 8.42 Å². The van der Waals surface area contributed by atoms with Crippen molar-refractivity contribution in [1.29, 1.82) is 0 Å². The van der Waals surface area contributed by atoms with Crippen molar-refractivity contribution in [3.63, 3.8) is 0 Å². The normalized spacial score (nSPS) is 11.4. The molecule has 4 nitrogen and oxygen atoms in total. The molecule has 66 valence electrons. The van der Waals surface area contributed by atoms with Crippen molar-refractivity contribution in [2.75, 3.05) is 25.9 Å². The monoisotopic (exact) mass is 178 g/mol. The first-order valence-corrected chi connectivity index (χ1v) is 5.00. The minimum atomic E-state index is -3.09. The zero-order chi connectivity index (χ0) is 8.74. The van der Waals surface area contributed by atoms with E-state index in [-0.39, 0.29) is 5.75 Å². The summed E-state index contributed by atoms with van der Waals surface area (Å²) in [6.45, 7) is 4.16. The molecular formula is C6H14N2O2S. The van der Waals surface area contributed by atoms with Crippen molar-refractivity contribution in [2.24, 2.45) is 0 Å². The summed E-state index contributed by atoms with van der Waals surface area (Å²) in [5.41, 5.74) is 0. The molecule has 0 aromatic rings. The third-order valence-corrected chi connectivity index (χ3v) is 2.42. The van der Waals surface area contributed by atoms with E-state index >= 15 is 0 Å². The number of nitrogens with one attached hydrogen (secondary N) is 2. The zero-order valence-electron chi connectivity index (χ0n) is 6.63. The molecule has 2 N–H and O–H groups in total. The third kappa shape index (κ3) is 6.03. The van der Waals surface area contributed by atoms with E-state index in [4.69, 9.17) is 0 Å². The largest absolute Gasteiger partial charge is 0.319 e. The summed E-state index contributed by atoms with van der Waals surface area (Å²) in [6.07, 6.45) is 1.51. The maximum atomic E-state index is 10.9. The molecule has 0 unspecified atom stereocenters. The second-order valence-electron chi connectivity index (χ2n) is 2.06. The molecule has 0 aliphatic heterocycles. The molecule has 0 fully saturated rings. The van der Waals surface area contributed by atoms with Crippen LogP contribution in [0.4, 0.5) is 0 Å². The summed E-state index contributed by atoms with van der Waals surface area (Å²) >= 11 is 0. The van der Waals surface area contributed by atoms with Gasteiger partial charge in [0.25, 0.3) is 0 Å². The van der Waals surface area contributed by atoms with Gasteiger partial charge in [-0.1, -0.05) is 6.08 Å². The number of hydrogen-bond donors (Lipinski definition) is 2. The SMILES string of the molecule is C=CCNS(=O)(=O)CCNC. The van der Waals surface area contributed by atoms with Crippen LogP contribution in [0, 0.1) is 0 Å². The van der Waals surface area contributed by atoms with E-state index in [1.165, 1.54) is 6.08 Å². The van der Waals surface area contributed by atoms with Crippen LogP contribution in [0.25, 0.3) is 0 Å². The summed E-state index contributed by atoms with van der Waals surface area (Å²) in [5, 5.41) is 2.76. The van der Waals surface area contributed by atoms with Gasteiger partial charge in [0, 0.05) is 13.1 Å². The Morgan fingerprint density at radius 3 is 2.64 bits per heavy atom. The van der Waals surface area contributed by atoms with Crippen LogP contribution in [-0.2, 0) is 10.0 Å². The predicted octanol–water partition coefficient (Wildman–Crippen LogP) is -0.689. The molecule has 0 bridgehead atoms. The molecular weight excluding hydrogens is 164 g/mol. The first-order valence-electron chi connectivity index (χ1n) is 3.35. The molecule has 0 aliphatic carbocycles. The van der Waals surface area contributed by atoms with E-state index in [0.717, 1.165) is 0 Å².